The molecule has 0 bridgehead atoms. The van der Waals surface area contributed by atoms with Gasteiger partial charge in [-0.25, -0.2) is 14.3 Å². The molecule has 0 aromatic carbocycles. The molecular weight excluding hydrogens is 112 g/mol. The number of primary amides is 2. The summed E-state index contributed by atoms with van der Waals surface area (Å²) in [4.78, 5) is 19.5. The SMILES string of the molecule is [N-]=[N+](C(N)=O)C(N)=O. The molecule has 0 aliphatic heterocycles. The molecule has 4 amide bonds. The first-order chi connectivity index (χ1) is 3.55. The van der Waals surface area contributed by atoms with E-state index in [9.17, 15) is 9.59 Å². The molecule has 0 unspecified atom stereocenters. The third-order valence-corrected chi connectivity index (χ3v) is 0.418. The number of rotatable bonds is 0. The van der Waals surface area contributed by atoms with Crippen molar-refractivity contribution in [1.82, 2.24) is 0 Å². The summed E-state index contributed by atoms with van der Waals surface area (Å²) in [5.41, 5.74) is 16.8. The first-order valence-electron chi connectivity index (χ1n) is 1.63. The van der Waals surface area contributed by atoms with E-state index in [-0.39, 0.29) is 4.70 Å². The van der Waals surface area contributed by atoms with Gasteiger partial charge in [0.1, 0.15) is 0 Å². The Morgan fingerprint density at radius 3 is 1.50 bits per heavy atom. The van der Waals surface area contributed by atoms with Gasteiger partial charge in [-0.3, -0.25) is 11.5 Å². The molecule has 0 fully saturated rings. The summed E-state index contributed by atoms with van der Waals surface area (Å²) < 4.78 is -0.389. The van der Waals surface area contributed by atoms with Gasteiger partial charge in [-0.15, -0.1) is 0 Å². The lowest BCUT2D eigenvalue weighted by atomic mass is 10.9. The van der Waals surface area contributed by atoms with Crippen LogP contribution in [-0.4, -0.2) is 16.8 Å². The molecule has 4 N–H and O–H groups in total. The van der Waals surface area contributed by atoms with Gasteiger partial charge in [0, 0.05) is 0 Å². The second-order valence-corrected chi connectivity index (χ2v) is 0.988. The fourth-order valence-corrected chi connectivity index (χ4v) is 0.109. The van der Waals surface area contributed by atoms with E-state index in [1.54, 1.807) is 0 Å². The fraction of sp³-hybridized carbons (Fsp3) is 0. The van der Waals surface area contributed by atoms with Crippen molar-refractivity contribution in [2.24, 2.45) is 11.5 Å². The van der Waals surface area contributed by atoms with Crippen molar-refractivity contribution in [2.45, 2.75) is 0 Å². The summed E-state index contributed by atoms with van der Waals surface area (Å²) >= 11 is 0. The largest absolute Gasteiger partial charge is 0.637 e. The van der Waals surface area contributed by atoms with Crippen LogP contribution in [0, 0.1) is 0 Å². The van der Waals surface area contributed by atoms with Crippen molar-refractivity contribution in [3.05, 3.63) is 5.53 Å². The topological polar surface area (TPSA) is 111 Å². The van der Waals surface area contributed by atoms with E-state index in [2.05, 4.69) is 11.5 Å². The zero-order valence-corrected chi connectivity index (χ0v) is 3.87. The monoisotopic (exact) mass is 116 g/mol. The summed E-state index contributed by atoms with van der Waals surface area (Å²) in [5, 5.41) is 0. The lowest BCUT2D eigenvalue weighted by Gasteiger charge is -1.96. The highest BCUT2D eigenvalue weighted by Crippen LogP contribution is 1.70. The molecule has 0 radical (unpaired) electrons. The Bertz CT molecular complexity index is 134. The molecule has 0 aliphatic rings. The number of urea groups is 2. The lowest BCUT2D eigenvalue weighted by molar-refractivity contribution is -0.341. The summed E-state index contributed by atoms with van der Waals surface area (Å²) in [7, 11) is 0. The molecule has 6 heteroatoms. The Balaban J connectivity index is 4.05. The summed E-state index contributed by atoms with van der Waals surface area (Å²) in [6.07, 6.45) is 0. The molecule has 0 heterocycles. The molecule has 0 saturated carbocycles. The predicted octanol–water partition coefficient (Wildman–Crippen LogP) is -0.822. The van der Waals surface area contributed by atoms with E-state index in [0.29, 0.717) is 0 Å². The van der Waals surface area contributed by atoms with Gasteiger partial charge in [-0.2, -0.15) is 0 Å². The molecule has 8 heavy (non-hydrogen) atoms. The maximum Gasteiger partial charge on any atom is 0.424 e. The van der Waals surface area contributed by atoms with Crippen LogP contribution < -0.4 is 11.5 Å². The number of carbonyl (C=O) groups excluding carboxylic acids is 2. The Kier molecular flexibility index (Phi) is 1.64. The van der Waals surface area contributed by atoms with Crippen LogP contribution in [-0.2, 0) is 0 Å². The van der Waals surface area contributed by atoms with Gasteiger partial charge in [-0.05, 0) is 0 Å². The highest BCUT2D eigenvalue weighted by molar-refractivity contribution is 5.77. The van der Waals surface area contributed by atoms with Crippen LogP contribution in [0.4, 0.5) is 9.59 Å². The van der Waals surface area contributed by atoms with E-state index in [1.807, 2.05) is 0 Å². The molecule has 0 spiro atoms. The first kappa shape index (κ1) is 6.54. The quantitative estimate of drug-likeness (QED) is 0.318. The molecule has 0 saturated heterocycles. The van der Waals surface area contributed by atoms with E-state index in [4.69, 9.17) is 5.53 Å². The van der Waals surface area contributed by atoms with Crippen LogP contribution in [0.3, 0.4) is 0 Å². The second kappa shape index (κ2) is 2.01. The van der Waals surface area contributed by atoms with Gasteiger partial charge >= 0.3 is 12.1 Å². The van der Waals surface area contributed by atoms with Crippen molar-refractivity contribution < 1.29 is 14.3 Å². The number of hydrogen-bond donors (Lipinski definition) is 2. The summed E-state index contributed by atoms with van der Waals surface area (Å²) in [6.45, 7) is 0. The average molecular weight is 116 g/mol. The maximum absolute atomic E-state index is 9.74. The van der Waals surface area contributed by atoms with Crippen molar-refractivity contribution in [1.29, 1.82) is 0 Å². The van der Waals surface area contributed by atoms with Crippen LogP contribution in [0.25, 0.3) is 5.53 Å². The van der Waals surface area contributed by atoms with Crippen LogP contribution in [0.15, 0.2) is 0 Å². The number of amides is 4. The molecule has 0 atom stereocenters. The summed E-state index contributed by atoms with van der Waals surface area (Å²) in [6, 6.07) is -2.59. The van der Waals surface area contributed by atoms with Gasteiger partial charge in [0.05, 0.1) is 0 Å². The highest BCUT2D eigenvalue weighted by Gasteiger charge is 2.04. The van der Waals surface area contributed by atoms with E-state index >= 15 is 0 Å². The summed E-state index contributed by atoms with van der Waals surface area (Å²) in [5.74, 6) is 0. The number of imide groups is 1. The van der Waals surface area contributed by atoms with Crippen molar-refractivity contribution in [3.63, 3.8) is 0 Å². The Labute approximate surface area is 44.6 Å². The Hall–Kier alpha value is -1.46. The minimum atomic E-state index is -1.29. The van der Waals surface area contributed by atoms with Crippen LogP contribution in [0.1, 0.15) is 0 Å². The normalized spacial score (nSPS) is 8.00. The number of hydrogen-bond acceptors (Lipinski definition) is 2. The Morgan fingerprint density at radius 1 is 1.25 bits per heavy atom. The first-order valence-corrected chi connectivity index (χ1v) is 1.63. The zero-order chi connectivity index (χ0) is 6.73. The zero-order valence-electron chi connectivity index (χ0n) is 3.87. The van der Waals surface area contributed by atoms with Crippen LogP contribution in [0.5, 0.6) is 0 Å². The molecule has 0 rings (SSSR count). The van der Waals surface area contributed by atoms with E-state index < -0.39 is 12.1 Å². The number of nitrogens with zero attached hydrogens (tertiary/aromatic N) is 2. The van der Waals surface area contributed by atoms with Crippen molar-refractivity contribution in [3.8, 4) is 0 Å². The minimum Gasteiger partial charge on any atom is -0.637 e. The van der Waals surface area contributed by atoms with Crippen molar-refractivity contribution in [2.75, 3.05) is 0 Å². The molecule has 0 aromatic heterocycles. The van der Waals surface area contributed by atoms with Crippen LogP contribution >= 0.6 is 0 Å². The third kappa shape index (κ3) is 1.33. The van der Waals surface area contributed by atoms with Gasteiger partial charge in [0.15, 0.2) is 0 Å². The van der Waals surface area contributed by atoms with Gasteiger partial charge in [-0.1, -0.05) is 0 Å². The number of nitrogens with two attached hydrogens (primary N) is 2. The maximum atomic E-state index is 9.74. The van der Waals surface area contributed by atoms with Gasteiger partial charge in [0.25, 0.3) is 0 Å². The Morgan fingerprint density at radius 2 is 1.50 bits per heavy atom. The highest BCUT2D eigenvalue weighted by atomic mass is 16.2. The molecular formula is C2H4N4O2. The smallest absolute Gasteiger partial charge is 0.424 e. The van der Waals surface area contributed by atoms with Gasteiger partial charge in [0.2, 0.25) is 0 Å². The third-order valence-electron chi connectivity index (χ3n) is 0.418. The van der Waals surface area contributed by atoms with Crippen molar-refractivity contribution >= 4 is 12.1 Å². The molecule has 6 nitrogen and oxygen atoms in total. The average Bonchev–Trinajstić information content (AvgIpc) is 1.64. The minimum absolute atomic E-state index is 0.389. The molecule has 0 aromatic rings. The molecule has 0 aliphatic carbocycles. The number of carbonyl (C=O) groups is 2. The predicted molar refractivity (Wildman–Crippen MR) is 22.8 cm³/mol. The lowest BCUT2D eigenvalue weighted by Crippen LogP contribution is -2.33. The second-order valence-electron chi connectivity index (χ2n) is 0.988. The van der Waals surface area contributed by atoms with E-state index in [1.165, 1.54) is 0 Å². The van der Waals surface area contributed by atoms with E-state index in [0.717, 1.165) is 0 Å². The van der Waals surface area contributed by atoms with Crippen LogP contribution in [0.2, 0.25) is 0 Å². The van der Waals surface area contributed by atoms with Gasteiger partial charge < -0.3 is 5.53 Å². The fourth-order valence-electron chi connectivity index (χ4n) is 0.109. The molecule has 44 valence electrons. The standard InChI is InChI=1S/C2H4N4O2/c3-1(7)6(5)2(4)8/h(H2,3,7)(H2,4,8).